The van der Waals surface area contributed by atoms with Gasteiger partial charge in [0.25, 0.3) is 0 Å². The standard InChI is InChI=1S/C11H17NO3/c1-10(2,3)5-4-8(13)12-11(6-7-11)9(14)15/h4-5H,6-7H2,1-3H3,(H,12,13)(H,14,15)/b5-4+. The van der Waals surface area contributed by atoms with Crippen molar-refractivity contribution in [1.82, 2.24) is 5.32 Å². The minimum atomic E-state index is -0.987. The molecule has 4 nitrogen and oxygen atoms in total. The summed E-state index contributed by atoms with van der Waals surface area (Å²) in [7, 11) is 0. The number of rotatable bonds is 3. The summed E-state index contributed by atoms with van der Waals surface area (Å²) in [6.07, 6.45) is 4.22. The Kier molecular flexibility index (Phi) is 2.88. The summed E-state index contributed by atoms with van der Waals surface area (Å²) in [5.74, 6) is -1.27. The predicted octanol–water partition coefficient (Wildman–Crippen LogP) is 1.32. The van der Waals surface area contributed by atoms with E-state index in [4.69, 9.17) is 5.11 Å². The van der Waals surface area contributed by atoms with Crippen LogP contribution in [0.4, 0.5) is 0 Å². The fraction of sp³-hybridized carbons (Fsp3) is 0.636. The topological polar surface area (TPSA) is 66.4 Å². The number of aliphatic carboxylic acids is 1. The Morgan fingerprint density at radius 2 is 1.87 bits per heavy atom. The summed E-state index contributed by atoms with van der Waals surface area (Å²) in [5.41, 5.74) is -1.06. The number of hydrogen-bond acceptors (Lipinski definition) is 2. The maximum atomic E-state index is 11.4. The average molecular weight is 211 g/mol. The van der Waals surface area contributed by atoms with E-state index in [0.29, 0.717) is 12.8 Å². The molecule has 1 aliphatic carbocycles. The van der Waals surface area contributed by atoms with E-state index < -0.39 is 11.5 Å². The molecule has 1 rings (SSSR count). The van der Waals surface area contributed by atoms with Gasteiger partial charge in [0, 0.05) is 0 Å². The monoisotopic (exact) mass is 211 g/mol. The summed E-state index contributed by atoms with van der Waals surface area (Å²) in [5, 5.41) is 11.4. The number of carbonyl (C=O) groups is 2. The Balaban J connectivity index is 2.51. The van der Waals surface area contributed by atoms with Crippen molar-refractivity contribution in [3.05, 3.63) is 12.2 Å². The zero-order valence-electron chi connectivity index (χ0n) is 9.33. The highest BCUT2D eigenvalue weighted by Crippen LogP contribution is 2.35. The fourth-order valence-corrected chi connectivity index (χ4v) is 1.12. The number of carboxylic acids is 1. The molecule has 0 aromatic heterocycles. The minimum Gasteiger partial charge on any atom is -0.480 e. The third kappa shape index (κ3) is 3.38. The molecular weight excluding hydrogens is 194 g/mol. The van der Waals surface area contributed by atoms with Crippen LogP contribution in [-0.2, 0) is 9.59 Å². The van der Waals surface area contributed by atoms with Gasteiger partial charge in [0.1, 0.15) is 5.54 Å². The molecule has 2 N–H and O–H groups in total. The zero-order valence-corrected chi connectivity index (χ0v) is 9.33. The molecule has 0 aliphatic heterocycles. The molecule has 0 spiro atoms. The van der Waals surface area contributed by atoms with Crippen LogP contribution in [0.2, 0.25) is 0 Å². The maximum absolute atomic E-state index is 11.4. The Morgan fingerprint density at radius 3 is 2.20 bits per heavy atom. The van der Waals surface area contributed by atoms with Crippen LogP contribution in [0.1, 0.15) is 33.6 Å². The van der Waals surface area contributed by atoms with E-state index in [1.807, 2.05) is 20.8 Å². The first kappa shape index (κ1) is 11.8. The fourth-order valence-electron chi connectivity index (χ4n) is 1.12. The van der Waals surface area contributed by atoms with E-state index in [-0.39, 0.29) is 11.3 Å². The second-order valence-corrected chi connectivity index (χ2v) is 5.08. The maximum Gasteiger partial charge on any atom is 0.329 e. The molecule has 0 bridgehead atoms. The molecule has 0 heterocycles. The molecule has 0 saturated heterocycles. The molecule has 0 aromatic carbocycles. The second-order valence-electron chi connectivity index (χ2n) is 5.08. The van der Waals surface area contributed by atoms with Crippen molar-refractivity contribution in [3.63, 3.8) is 0 Å². The van der Waals surface area contributed by atoms with Crippen LogP contribution in [0.15, 0.2) is 12.2 Å². The predicted molar refractivity (Wildman–Crippen MR) is 56.3 cm³/mol. The molecule has 0 aromatic rings. The molecule has 1 saturated carbocycles. The van der Waals surface area contributed by atoms with Gasteiger partial charge >= 0.3 is 5.97 Å². The largest absolute Gasteiger partial charge is 0.480 e. The normalized spacial score (nSPS) is 18.9. The third-order valence-corrected chi connectivity index (χ3v) is 2.26. The van der Waals surface area contributed by atoms with Crippen molar-refractivity contribution < 1.29 is 14.7 Å². The molecule has 0 radical (unpaired) electrons. The molecule has 15 heavy (non-hydrogen) atoms. The van der Waals surface area contributed by atoms with Crippen molar-refractivity contribution in [2.75, 3.05) is 0 Å². The van der Waals surface area contributed by atoms with Gasteiger partial charge in [-0.05, 0) is 24.3 Å². The van der Waals surface area contributed by atoms with Gasteiger partial charge in [-0.3, -0.25) is 4.79 Å². The molecule has 4 heteroatoms. The average Bonchev–Trinajstić information content (AvgIpc) is 2.81. The summed E-state index contributed by atoms with van der Waals surface area (Å²) >= 11 is 0. The number of nitrogens with one attached hydrogen (secondary N) is 1. The van der Waals surface area contributed by atoms with Gasteiger partial charge in [0.15, 0.2) is 0 Å². The highest BCUT2D eigenvalue weighted by molar-refractivity contribution is 5.94. The van der Waals surface area contributed by atoms with E-state index in [0.717, 1.165) is 0 Å². The van der Waals surface area contributed by atoms with E-state index in [2.05, 4.69) is 5.32 Å². The van der Waals surface area contributed by atoms with Crippen molar-refractivity contribution in [3.8, 4) is 0 Å². The van der Waals surface area contributed by atoms with Crippen LogP contribution >= 0.6 is 0 Å². The summed E-state index contributed by atoms with van der Waals surface area (Å²) in [6.45, 7) is 5.92. The van der Waals surface area contributed by atoms with Crippen molar-refractivity contribution >= 4 is 11.9 Å². The van der Waals surface area contributed by atoms with Gasteiger partial charge in [-0.2, -0.15) is 0 Å². The number of allylic oxidation sites excluding steroid dienone is 1. The van der Waals surface area contributed by atoms with E-state index >= 15 is 0 Å². The minimum absolute atomic E-state index is 0.0721. The first-order valence-electron chi connectivity index (χ1n) is 5.00. The zero-order chi connectivity index (χ0) is 11.7. The quantitative estimate of drug-likeness (QED) is 0.692. The number of amides is 1. The lowest BCUT2D eigenvalue weighted by Crippen LogP contribution is -2.42. The Morgan fingerprint density at radius 1 is 1.33 bits per heavy atom. The van der Waals surface area contributed by atoms with Crippen molar-refractivity contribution in [2.45, 2.75) is 39.2 Å². The van der Waals surface area contributed by atoms with Gasteiger partial charge in [-0.15, -0.1) is 0 Å². The molecular formula is C11H17NO3. The van der Waals surface area contributed by atoms with Gasteiger partial charge < -0.3 is 10.4 Å². The van der Waals surface area contributed by atoms with Crippen LogP contribution in [0.25, 0.3) is 0 Å². The molecule has 0 atom stereocenters. The molecule has 1 aliphatic rings. The van der Waals surface area contributed by atoms with Gasteiger partial charge in [-0.25, -0.2) is 4.79 Å². The second kappa shape index (κ2) is 3.68. The van der Waals surface area contributed by atoms with Crippen molar-refractivity contribution in [1.29, 1.82) is 0 Å². The lowest BCUT2D eigenvalue weighted by Gasteiger charge is -2.13. The van der Waals surface area contributed by atoms with Crippen molar-refractivity contribution in [2.24, 2.45) is 5.41 Å². The van der Waals surface area contributed by atoms with Gasteiger partial charge in [0.05, 0.1) is 0 Å². The van der Waals surface area contributed by atoms with Crippen LogP contribution in [0.3, 0.4) is 0 Å². The third-order valence-electron chi connectivity index (χ3n) is 2.26. The SMILES string of the molecule is CC(C)(C)/C=C/C(=O)NC1(C(=O)O)CC1. The lowest BCUT2D eigenvalue weighted by atomic mass is 9.96. The van der Waals surface area contributed by atoms with E-state index in [1.54, 1.807) is 6.08 Å². The molecule has 0 unspecified atom stereocenters. The summed E-state index contributed by atoms with van der Waals surface area (Å²) in [4.78, 5) is 22.2. The van der Waals surface area contributed by atoms with E-state index in [1.165, 1.54) is 6.08 Å². The molecule has 1 amide bonds. The van der Waals surface area contributed by atoms with Crippen LogP contribution < -0.4 is 5.32 Å². The number of carbonyl (C=O) groups excluding carboxylic acids is 1. The van der Waals surface area contributed by atoms with Crippen LogP contribution in [-0.4, -0.2) is 22.5 Å². The van der Waals surface area contributed by atoms with Gasteiger partial charge in [-0.1, -0.05) is 26.8 Å². The highest BCUT2D eigenvalue weighted by Gasteiger charge is 2.51. The summed E-state index contributed by atoms with van der Waals surface area (Å²) < 4.78 is 0. The first-order chi connectivity index (χ1) is 6.75. The van der Waals surface area contributed by atoms with Gasteiger partial charge in [0.2, 0.25) is 5.91 Å². The number of carboxylic acid groups (broad SMARTS) is 1. The summed E-state index contributed by atoms with van der Waals surface area (Å²) in [6, 6.07) is 0. The Bertz CT molecular complexity index is 308. The smallest absolute Gasteiger partial charge is 0.329 e. The molecule has 84 valence electrons. The van der Waals surface area contributed by atoms with E-state index in [9.17, 15) is 9.59 Å². The molecule has 1 fully saturated rings. The Labute approximate surface area is 89.4 Å². The Hall–Kier alpha value is -1.32. The lowest BCUT2D eigenvalue weighted by molar-refractivity contribution is -0.142. The van der Waals surface area contributed by atoms with Crippen LogP contribution in [0, 0.1) is 5.41 Å². The first-order valence-corrected chi connectivity index (χ1v) is 5.00. The van der Waals surface area contributed by atoms with Crippen LogP contribution in [0.5, 0.6) is 0 Å². The highest BCUT2D eigenvalue weighted by atomic mass is 16.4. The number of hydrogen-bond donors (Lipinski definition) is 2.